The minimum atomic E-state index is -0.130. The van der Waals surface area contributed by atoms with E-state index in [2.05, 4.69) is 31.3 Å². The van der Waals surface area contributed by atoms with Gasteiger partial charge in [-0.05, 0) is 56.5 Å². The van der Waals surface area contributed by atoms with Gasteiger partial charge in [-0.1, -0.05) is 24.6 Å². The smallest absolute Gasteiger partial charge is 0.255 e. The first kappa shape index (κ1) is 19.0. The molecule has 2 rings (SSSR count). The zero-order chi connectivity index (χ0) is 18.4. The molecule has 0 aliphatic heterocycles. The Bertz CT molecular complexity index is 730. The second-order valence-electron chi connectivity index (χ2n) is 6.31. The van der Waals surface area contributed by atoms with Gasteiger partial charge in [-0.15, -0.1) is 0 Å². The van der Waals surface area contributed by atoms with Crippen molar-refractivity contribution in [1.82, 2.24) is 0 Å². The van der Waals surface area contributed by atoms with Crippen LogP contribution in [0.4, 0.5) is 5.69 Å². The molecule has 0 aromatic heterocycles. The van der Waals surface area contributed by atoms with Crippen molar-refractivity contribution in [3.05, 3.63) is 58.1 Å². The normalized spacial score (nSPS) is 10.6. The molecule has 0 heterocycles. The highest BCUT2D eigenvalue weighted by Crippen LogP contribution is 2.25. The van der Waals surface area contributed by atoms with Crippen molar-refractivity contribution in [3.63, 3.8) is 0 Å². The maximum atomic E-state index is 12.7. The van der Waals surface area contributed by atoms with Gasteiger partial charge in [-0.3, -0.25) is 4.79 Å². The second-order valence-corrected chi connectivity index (χ2v) is 6.31. The van der Waals surface area contributed by atoms with E-state index >= 15 is 0 Å². The summed E-state index contributed by atoms with van der Waals surface area (Å²) in [7, 11) is 1.62. The molecule has 2 aromatic rings. The molecule has 1 N–H and O–H groups in total. The number of nitrogens with one attached hydrogen (secondary N) is 1. The maximum Gasteiger partial charge on any atom is 0.255 e. The molecule has 1 amide bonds. The lowest BCUT2D eigenvalue weighted by Crippen LogP contribution is -2.14. The van der Waals surface area contributed by atoms with Crippen molar-refractivity contribution in [1.29, 1.82) is 0 Å². The van der Waals surface area contributed by atoms with E-state index in [4.69, 9.17) is 9.47 Å². The van der Waals surface area contributed by atoms with Crippen LogP contribution in [-0.2, 0) is 11.3 Å². The molecule has 2 aromatic carbocycles. The highest BCUT2D eigenvalue weighted by Gasteiger charge is 2.13. The second kappa shape index (κ2) is 8.67. The Morgan fingerprint density at radius 3 is 2.36 bits per heavy atom. The van der Waals surface area contributed by atoms with E-state index in [1.807, 2.05) is 26.0 Å². The molecule has 134 valence electrons. The van der Waals surface area contributed by atoms with Gasteiger partial charge >= 0.3 is 0 Å². The van der Waals surface area contributed by atoms with Crippen molar-refractivity contribution in [2.45, 2.75) is 40.7 Å². The van der Waals surface area contributed by atoms with Gasteiger partial charge in [0.15, 0.2) is 0 Å². The Balaban J connectivity index is 2.23. The third-order valence-electron chi connectivity index (χ3n) is 4.06. The molecule has 0 spiro atoms. The van der Waals surface area contributed by atoms with Crippen LogP contribution < -0.4 is 10.1 Å². The first-order valence-corrected chi connectivity index (χ1v) is 8.60. The number of ether oxygens (including phenoxy) is 2. The number of rotatable bonds is 7. The number of amides is 1. The maximum absolute atomic E-state index is 12.7. The van der Waals surface area contributed by atoms with Crippen LogP contribution in [0.2, 0.25) is 0 Å². The zero-order valence-electron chi connectivity index (χ0n) is 15.7. The van der Waals surface area contributed by atoms with E-state index in [0.717, 1.165) is 34.5 Å². The topological polar surface area (TPSA) is 47.6 Å². The average Bonchev–Trinajstić information content (AvgIpc) is 2.58. The number of carbonyl (C=O) groups excluding carboxylic acids is 1. The number of hydrogen-bond acceptors (Lipinski definition) is 3. The van der Waals surface area contributed by atoms with E-state index < -0.39 is 0 Å². The molecule has 0 aliphatic carbocycles. The minimum Gasteiger partial charge on any atom is -0.496 e. The zero-order valence-corrected chi connectivity index (χ0v) is 15.7. The first-order valence-electron chi connectivity index (χ1n) is 8.60. The predicted molar refractivity (Wildman–Crippen MR) is 102 cm³/mol. The average molecular weight is 341 g/mol. The van der Waals surface area contributed by atoms with Crippen molar-refractivity contribution >= 4 is 11.6 Å². The molecule has 4 heteroatoms. The van der Waals surface area contributed by atoms with Crippen LogP contribution in [0.3, 0.4) is 0 Å². The highest BCUT2D eigenvalue weighted by molar-refractivity contribution is 6.05. The molecule has 0 fully saturated rings. The lowest BCUT2D eigenvalue weighted by molar-refractivity contribution is 0.102. The van der Waals surface area contributed by atoms with Crippen molar-refractivity contribution in [2.75, 3.05) is 19.0 Å². The number of aryl methyl sites for hydroxylation is 3. The summed E-state index contributed by atoms with van der Waals surface area (Å²) >= 11 is 0. The number of hydrogen-bond donors (Lipinski definition) is 1. The fourth-order valence-electron chi connectivity index (χ4n) is 2.92. The van der Waals surface area contributed by atoms with Gasteiger partial charge in [0, 0.05) is 23.4 Å². The summed E-state index contributed by atoms with van der Waals surface area (Å²) < 4.78 is 11.0. The molecule has 0 saturated heterocycles. The summed E-state index contributed by atoms with van der Waals surface area (Å²) in [6, 6.07) is 9.56. The third kappa shape index (κ3) is 4.83. The molecule has 0 aliphatic rings. The Hall–Kier alpha value is -2.33. The van der Waals surface area contributed by atoms with Crippen molar-refractivity contribution in [3.8, 4) is 5.75 Å². The van der Waals surface area contributed by atoms with Gasteiger partial charge in [0.1, 0.15) is 5.75 Å². The summed E-state index contributed by atoms with van der Waals surface area (Å²) in [5.74, 6) is 0.602. The third-order valence-corrected chi connectivity index (χ3v) is 4.06. The lowest BCUT2D eigenvalue weighted by Gasteiger charge is -2.14. The van der Waals surface area contributed by atoms with Gasteiger partial charge in [0.2, 0.25) is 0 Å². The highest BCUT2D eigenvalue weighted by atomic mass is 16.5. The van der Waals surface area contributed by atoms with Crippen LogP contribution in [0.5, 0.6) is 5.75 Å². The van der Waals surface area contributed by atoms with Crippen LogP contribution in [0, 0.1) is 20.8 Å². The molecule has 0 bridgehead atoms. The fraction of sp³-hybridized carbons (Fsp3) is 0.381. The quantitative estimate of drug-likeness (QED) is 0.736. The van der Waals surface area contributed by atoms with Crippen molar-refractivity contribution < 1.29 is 14.3 Å². The van der Waals surface area contributed by atoms with Gasteiger partial charge in [0.05, 0.1) is 13.7 Å². The standard InChI is InChI=1S/C21H27NO3/c1-6-9-25-13-18-12-17(7-8-19(18)24-5)21(23)22-20-15(3)10-14(2)11-16(20)4/h7-8,10-12H,6,9,13H2,1-5H3,(H,22,23). The van der Waals surface area contributed by atoms with E-state index in [9.17, 15) is 4.79 Å². The molecule has 0 saturated carbocycles. The summed E-state index contributed by atoms with van der Waals surface area (Å²) in [6.45, 7) is 9.24. The van der Waals surface area contributed by atoms with Gasteiger partial charge in [-0.25, -0.2) is 0 Å². The molecule has 25 heavy (non-hydrogen) atoms. The minimum absolute atomic E-state index is 0.130. The van der Waals surface area contributed by atoms with E-state index in [1.165, 1.54) is 5.56 Å². The van der Waals surface area contributed by atoms with Crippen LogP contribution in [0.15, 0.2) is 30.3 Å². The van der Waals surface area contributed by atoms with E-state index in [1.54, 1.807) is 13.2 Å². The summed E-state index contributed by atoms with van der Waals surface area (Å²) in [5, 5.41) is 3.03. The summed E-state index contributed by atoms with van der Waals surface area (Å²) in [5.41, 5.74) is 5.65. The largest absolute Gasteiger partial charge is 0.496 e. The Labute approximate surface area is 150 Å². The van der Waals surface area contributed by atoms with E-state index in [-0.39, 0.29) is 5.91 Å². The molecule has 4 nitrogen and oxygen atoms in total. The van der Waals surface area contributed by atoms with Gasteiger partial charge in [0.25, 0.3) is 5.91 Å². The first-order chi connectivity index (χ1) is 12.0. The molecular weight excluding hydrogens is 314 g/mol. The Kier molecular flexibility index (Phi) is 6.59. The molecule has 0 unspecified atom stereocenters. The van der Waals surface area contributed by atoms with Crippen molar-refractivity contribution in [2.24, 2.45) is 0 Å². The fourth-order valence-corrected chi connectivity index (χ4v) is 2.92. The van der Waals surface area contributed by atoms with Crippen LogP contribution in [-0.4, -0.2) is 19.6 Å². The van der Waals surface area contributed by atoms with Crippen LogP contribution in [0.1, 0.15) is 46.0 Å². The lowest BCUT2D eigenvalue weighted by atomic mass is 10.0. The molecule has 0 radical (unpaired) electrons. The monoisotopic (exact) mass is 341 g/mol. The molecular formula is C21H27NO3. The number of benzene rings is 2. The summed E-state index contributed by atoms with van der Waals surface area (Å²) in [6.07, 6.45) is 0.953. The van der Waals surface area contributed by atoms with Crippen LogP contribution >= 0.6 is 0 Å². The molecule has 0 atom stereocenters. The number of anilines is 1. The summed E-state index contributed by atoms with van der Waals surface area (Å²) in [4.78, 5) is 12.7. The van der Waals surface area contributed by atoms with Gasteiger partial charge in [-0.2, -0.15) is 0 Å². The van der Waals surface area contributed by atoms with Crippen LogP contribution in [0.25, 0.3) is 0 Å². The number of carbonyl (C=O) groups is 1. The van der Waals surface area contributed by atoms with Gasteiger partial charge < -0.3 is 14.8 Å². The number of methoxy groups -OCH3 is 1. The van der Waals surface area contributed by atoms with E-state index in [0.29, 0.717) is 18.8 Å². The SMILES string of the molecule is CCCOCc1cc(C(=O)Nc2c(C)cc(C)cc2C)ccc1OC. The Morgan fingerprint density at radius 1 is 1.08 bits per heavy atom. The Morgan fingerprint density at radius 2 is 1.76 bits per heavy atom. The predicted octanol–water partition coefficient (Wildman–Crippen LogP) is 4.80.